The molecule has 0 aliphatic carbocycles. The van der Waals surface area contributed by atoms with Crippen LogP contribution < -0.4 is 5.56 Å². The number of hydrogen-bond acceptors (Lipinski definition) is 4. The van der Waals surface area contributed by atoms with E-state index in [-0.39, 0.29) is 37.4 Å². The summed E-state index contributed by atoms with van der Waals surface area (Å²) in [5.74, 6) is -1.17. The minimum Gasteiger partial charge on any atom is -0.481 e. The van der Waals surface area contributed by atoms with Gasteiger partial charge in [0, 0.05) is 31.0 Å². The fraction of sp³-hybridized carbons (Fsp3) is 0.333. The summed E-state index contributed by atoms with van der Waals surface area (Å²) in [6.45, 7) is 0.344. The first-order chi connectivity index (χ1) is 10.9. The Kier molecular flexibility index (Phi) is 5.49. The number of aryl methyl sites for hydroxylation is 1. The lowest BCUT2D eigenvalue weighted by molar-refractivity contribution is -0.138. The van der Waals surface area contributed by atoms with Crippen LogP contribution in [0.15, 0.2) is 33.8 Å². The van der Waals surface area contributed by atoms with Crippen LogP contribution in [0.25, 0.3) is 10.9 Å². The third kappa shape index (κ3) is 4.38. The van der Waals surface area contributed by atoms with Crippen LogP contribution in [-0.2, 0) is 16.1 Å². The van der Waals surface area contributed by atoms with Gasteiger partial charge in [0.1, 0.15) is 0 Å². The molecule has 0 saturated carbocycles. The molecule has 122 valence electrons. The number of halogens is 1. The highest BCUT2D eigenvalue weighted by molar-refractivity contribution is 9.10. The molecule has 2 aromatic rings. The van der Waals surface area contributed by atoms with Gasteiger partial charge in [0.15, 0.2) is 0 Å². The maximum absolute atomic E-state index is 12.4. The highest BCUT2D eigenvalue weighted by Crippen LogP contribution is 2.14. The fourth-order valence-corrected chi connectivity index (χ4v) is 2.45. The van der Waals surface area contributed by atoms with Crippen molar-refractivity contribution in [2.24, 2.45) is 0 Å². The molecule has 0 saturated heterocycles. The van der Waals surface area contributed by atoms with E-state index in [0.717, 1.165) is 4.47 Å². The fourth-order valence-electron chi connectivity index (χ4n) is 2.09. The molecule has 1 aromatic heterocycles. The summed E-state index contributed by atoms with van der Waals surface area (Å²) in [5.41, 5.74) is 0.386. The van der Waals surface area contributed by atoms with Crippen LogP contribution >= 0.6 is 15.9 Å². The van der Waals surface area contributed by atoms with Gasteiger partial charge < -0.3 is 10.0 Å². The second-order valence-electron chi connectivity index (χ2n) is 5.11. The zero-order valence-corrected chi connectivity index (χ0v) is 14.1. The maximum atomic E-state index is 12.4. The molecule has 1 aromatic carbocycles. The van der Waals surface area contributed by atoms with Gasteiger partial charge >= 0.3 is 5.97 Å². The summed E-state index contributed by atoms with van der Waals surface area (Å²) in [7, 11) is 1.55. The minimum atomic E-state index is -0.954. The third-order valence-corrected chi connectivity index (χ3v) is 3.93. The van der Waals surface area contributed by atoms with Gasteiger partial charge in [0.05, 0.1) is 23.7 Å². The number of carbonyl (C=O) groups excluding carboxylic acids is 1. The first-order valence-corrected chi connectivity index (χ1v) is 7.78. The number of rotatable bonds is 6. The molecular formula is C15H16BrN3O4. The number of amides is 1. The van der Waals surface area contributed by atoms with Crippen molar-refractivity contribution in [3.05, 3.63) is 39.4 Å². The highest BCUT2D eigenvalue weighted by atomic mass is 79.9. The highest BCUT2D eigenvalue weighted by Gasteiger charge is 2.11. The lowest BCUT2D eigenvalue weighted by atomic mass is 10.2. The van der Waals surface area contributed by atoms with Gasteiger partial charge in [-0.2, -0.15) is 0 Å². The van der Waals surface area contributed by atoms with E-state index in [2.05, 4.69) is 20.9 Å². The Morgan fingerprint density at radius 3 is 2.78 bits per heavy atom. The van der Waals surface area contributed by atoms with E-state index in [1.165, 1.54) is 15.8 Å². The van der Waals surface area contributed by atoms with Crippen molar-refractivity contribution in [2.45, 2.75) is 19.4 Å². The van der Waals surface area contributed by atoms with E-state index in [9.17, 15) is 14.4 Å². The smallest absolute Gasteiger partial charge is 0.305 e. The molecule has 0 fully saturated rings. The number of aromatic nitrogens is 2. The van der Waals surface area contributed by atoms with Crippen molar-refractivity contribution in [3.63, 3.8) is 0 Å². The van der Waals surface area contributed by atoms with Gasteiger partial charge in [-0.1, -0.05) is 15.9 Å². The van der Waals surface area contributed by atoms with Gasteiger partial charge in [-0.05, 0) is 18.2 Å². The zero-order valence-electron chi connectivity index (χ0n) is 12.5. The second-order valence-corrected chi connectivity index (χ2v) is 6.03. The lowest BCUT2D eigenvalue weighted by Gasteiger charge is -2.16. The van der Waals surface area contributed by atoms with Crippen molar-refractivity contribution in [1.29, 1.82) is 0 Å². The van der Waals surface area contributed by atoms with Crippen LogP contribution in [0.5, 0.6) is 0 Å². The maximum Gasteiger partial charge on any atom is 0.305 e. The van der Waals surface area contributed by atoms with E-state index in [0.29, 0.717) is 10.9 Å². The number of aliphatic carboxylic acids is 1. The Hall–Kier alpha value is -2.22. The molecule has 1 amide bonds. The van der Waals surface area contributed by atoms with Crippen molar-refractivity contribution < 1.29 is 14.7 Å². The van der Waals surface area contributed by atoms with Gasteiger partial charge in [-0.15, -0.1) is 0 Å². The first-order valence-electron chi connectivity index (χ1n) is 6.99. The van der Waals surface area contributed by atoms with Crippen molar-refractivity contribution in [2.75, 3.05) is 13.6 Å². The average molecular weight is 382 g/mol. The largest absolute Gasteiger partial charge is 0.481 e. The SMILES string of the molecule is CN(CCC(=O)O)C(=O)CCn1cnc2ccc(Br)cc2c1=O. The van der Waals surface area contributed by atoms with Crippen LogP contribution in [-0.4, -0.2) is 45.0 Å². The number of carbonyl (C=O) groups is 2. The normalized spacial score (nSPS) is 10.7. The molecule has 0 radical (unpaired) electrons. The molecule has 8 heteroatoms. The summed E-state index contributed by atoms with van der Waals surface area (Å²) in [6, 6.07) is 5.25. The number of carboxylic acids is 1. The monoisotopic (exact) mass is 381 g/mol. The molecule has 0 bridgehead atoms. The minimum absolute atomic E-state index is 0.103. The molecule has 1 N–H and O–H groups in total. The van der Waals surface area contributed by atoms with Crippen molar-refractivity contribution in [3.8, 4) is 0 Å². The summed E-state index contributed by atoms with van der Waals surface area (Å²) >= 11 is 3.32. The molecule has 7 nitrogen and oxygen atoms in total. The molecule has 0 unspecified atom stereocenters. The summed E-state index contributed by atoms with van der Waals surface area (Å²) in [4.78, 5) is 40.4. The van der Waals surface area contributed by atoms with E-state index in [1.54, 1.807) is 25.2 Å². The Balaban J connectivity index is 2.07. The van der Waals surface area contributed by atoms with Crippen LogP contribution in [0.2, 0.25) is 0 Å². The lowest BCUT2D eigenvalue weighted by Crippen LogP contribution is -2.31. The number of hydrogen-bond donors (Lipinski definition) is 1. The molecule has 0 spiro atoms. The van der Waals surface area contributed by atoms with Crippen LogP contribution in [0.4, 0.5) is 0 Å². The van der Waals surface area contributed by atoms with Gasteiger partial charge in [-0.25, -0.2) is 4.98 Å². The molecule has 1 heterocycles. The van der Waals surface area contributed by atoms with Crippen molar-refractivity contribution >= 4 is 38.7 Å². The topological polar surface area (TPSA) is 92.5 Å². The standard InChI is InChI=1S/C15H16BrN3O4/c1-18(6-5-14(21)22)13(20)4-7-19-9-17-12-3-2-10(16)8-11(12)15(19)23/h2-3,8-9H,4-7H2,1H3,(H,21,22). The molecule has 0 atom stereocenters. The van der Waals surface area contributed by atoms with E-state index >= 15 is 0 Å². The number of carboxylic acid groups (broad SMARTS) is 1. The van der Waals surface area contributed by atoms with Crippen LogP contribution in [0.3, 0.4) is 0 Å². The van der Waals surface area contributed by atoms with Crippen LogP contribution in [0, 0.1) is 0 Å². The van der Waals surface area contributed by atoms with Crippen LogP contribution in [0.1, 0.15) is 12.8 Å². The Morgan fingerprint density at radius 2 is 2.09 bits per heavy atom. The average Bonchev–Trinajstić information content (AvgIpc) is 2.52. The Bertz CT molecular complexity index is 803. The molecular weight excluding hydrogens is 366 g/mol. The zero-order chi connectivity index (χ0) is 17.0. The Morgan fingerprint density at radius 1 is 1.35 bits per heavy atom. The predicted octanol–water partition coefficient (Wildman–Crippen LogP) is 1.48. The van der Waals surface area contributed by atoms with Gasteiger partial charge in [0.2, 0.25) is 5.91 Å². The van der Waals surface area contributed by atoms with Crippen molar-refractivity contribution in [1.82, 2.24) is 14.5 Å². The van der Waals surface area contributed by atoms with E-state index in [4.69, 9.17) is 5.11 Å². The van der Waals surface area contributed by atoms with E-state index < -0.39 is 5.97 Å². The summed E-state index contributed by atoms with van der Waals surface area (Å²) in [5, 5.41) is 9.10. The van der Waals surface area contributed by atoms with Gasteiger partial charge in [0.25, 0.3) is 5.56 Å². The number of fused-ring (bicyclic) bond motifs is 1. The van der Waals surface area contributed by atoms with E-state index in [1.807, 2.05) is 0 Å². The number of benzene rings is 1. The summed E-state index contributed by atoms with van der Waals surface area (Å²) < 4.78 is 2.17. The molecule has 23 heavy (non-hydrogen) atoms. The Labute approximate surface area is 140 Å². The predicted molar refractivity (Wildman–Crippen MR) is 88.2 cm³/mol. The molecule has 2 rings (SSSR count). The molecule has 0 aliphatic heterocycles. The van der Waals surface area contributed by atoms with Gasteiger partial charge in [-0.3, -0.25) is 19.0 Å². The molecule has 0 aliphatic rings. The summed E-state index contributed by atoms with van der Waals surface area (Å²) in [6.07, 6.45) is 1.42. The number of nitrogens with zero attached hydrogens (tertiary/aromatic N) is 3. The first kappa shape index (κ1) is 17.1. The second kappa shape index (κ2) is 7.36. The third-order valence-electron chi connectivity index (χ3n) is 3.44. The quantitative estimate of drug-likeness (QED) is 0.817.